The number of ether oxygens (including phenoxy) is 1. The van der Waals surface area contributed by atoms with Crippen molar-refractivity contribution in [1.82, 2.24) is 0 Å². The van der Waals surface area contributed by atoms with E-state index in [1.54, 1.807) is 0 Å². The van der Waals surface area contributed by atoms with Gasteiger partial charge in [-0.25, -0.2) is 0 Å². The summed E-state index contributed by atoms with van der Waals surface area (Å²) >= 11 is 0. The maximum Gasteiger partial charge on any atom is 0.161 e. The Balaban J connectivity index is 1.69. The lowest BCUT2D eigenvalue weighted by molar-refractivity contribution is -0.116. The van der Waals surface area contributed by atoms with Crippen molar-refractivity contribution in [3.8, 4) is 5.75 Å². The molecule has 29 heavy (non-hydrogen) atoms. The lowest BCUT2D eigenvalue weighted by Gasteiger charge is -2.35. The van der Waals surface area contributed by atoms with Gasteiger partial charge in [0.05, 0.1) is 6.61 Å². The van der Waals surface area contributed by atoms with Crippen molar-refractivity contribution < 1.29 is 9.53 Å². The van der Waals surface area contributed by atoms with E-state index in [0.29, 0.717) is 13.0 Å². The second kappa shape index (κ2) is 7.40. The fraction of sp³-hybridized carbons (Fsp3) is 0.269. The molecule has 5 rings (SSSR count). The van der Waals surface area contributed by atoms with E-state index in [2.05, 4.69) is 60.8 Å². The highest BCUT2D eigenvalue weighted by atomic mass is 16.5. The van der Waals surface area contributed by atoms with Gasteiger partial charge in [0, 0.05) is 29.3 Å². The summed E-state index contributed by atoms with van der Waals surface area (Å²) in [6, 6.07) is 21.1. The number of benzene rings is 3. The van der Waals surface area contributed by atoms with Gasteiger partial charge in [-0.1, -0.05) is 49.4 Å². The van der Waals surface area contributed by atoms with Gasteiger partial charge in [-0.05, 0) is 59.4 Å². The Morgan fingerprint density at radius 3 is 2.66 bits per heavy atom. The minimum atomic E-state index is -0.0413. The summed E-state index contributed by atoms with van der Waals surface area (Å²) in [6.07, 6.45) is 3.47. The highest BCUT2D eigenvalue weighted by molar-refractivity contribution is 6.04. The number of hydrogen-bond acceptors (Lipinski definition) is 3. The zero-order chi connectivity index (χ0) is 19.8. The molecule has 0 aromatic heterocycles. The molecule has 0 unspecified atom stereocenters. The van der Waals surface area contributed by atoms with E-state index in [1.165, 1.54) is 16.3 Å². The topological polar surface area (TPSA) is 38.3 Å². The van der Waals surface area contributed by atoms with E-state index in [9.17, 15) is 4.79 Å². The molecule has 146 valence electrons. The van der Waals surface area contributed by atoms with Crippen LogP contribution in [0.4, 0.5) is 5.69 Å². The first-order valence-corrected chi connectivity index (χ1v) is 10.5. The van der Waals surface area contributed by atoms with Gasteiger partial charge in [0.25, 0.3) is 0 Å². The van der Waals surface area contributed by atoms with Crippen LogP contribution < -0.4 is 10.1 Å². The van der Waals surface area contributed by atoms with Crippen LogP contribution in [-0.4, -0.2) is 12.4 Å². The maximum absolute atomic E-state index is 13.0. The van der Waals surface area contributed by atoms with Crippen LogP contribution in [0.3, 0.4) is 0 Å². The van der Waals surface area contributed by atoms with Crippen LogP contribution in [0, 0.1) is 0 Å². The van der Waals surface area contributed by atoms with E-state index < -0.39 is 0 Å². The summed E-state index contributed by atoms with van der Waals surface area (Å²) in [5.41, 5.74) is 5.52. The minimum absolute atomic E-state index is 0.0413. The van der Waals surface area contributed by atoms with Crippen molar-refractivity contribution in [2.45, 2.75) is 38.5 Å². The molecule has 1 aliphatic heterocycles. The van der Waals surface area contributed by atoms with Crippen LogP contribution in [0.1, 0.15) is 49.7 Å². The average molecular weight is 383 g/mol. The largest absolute Gasteiger partial charge is 0.494 e. The number of allylic oxidation sites excluding steroid dienone is 2. The molecular weight excluding hydrogens is 358 g/mol. The van der Waals surface area contributed by atoms with Gasteiger partial charge in [0.1, 0.15) is 5.75 Å². The van der Waals surface area contributed by atoms with Crippen LogP contribution in [0.2, 0.25) is 0 Å². The van der Waals surface area contributed by atoms with Gasteiger partial charge < -0.3 is 10.1 Å². The molecule has 0 spiro atoms. The zero-order valence-electron chi connectivity index (χ0n) is 16.7. The molecule has 0 saturated heterocycles. The van der Waals surface area contributed by atoms with Crippen molar-refractivity contribution in [3.05, 3.63) is 83.1 Å². The van der Waals surface area contributed by atoms with E-state index >= 15 is 0 Å². The third-order valence-electron chi connectivity index (χ3n) is 5.98. The molecule has 3 nitrogen and oxygen atoms in total. The molecule has 0 radical (unpaired) electrons. The molecular formula is C26H25NO2. The van der Waals surface area contributed by atoms with Crippen molar-refractivity contribution >= 4 is 22.2 Å². The van der Waals surface area contributed by atoms with E-state index in [1.807, 2.05) is 12.1 Å². The molecule has 3 aromatic carbocycles. The predicted molar refractivity (Wildman–Crippen MR) is 118 cm³/mol. The molecule has 0 fully saturated rings. The highest BCUT2D eigenvalue weighted by Crippen LogP contribution is 2.48. The maximum atomic E-state index is 13.0. The van der Waals surface area contributed by atoms with E-state index in [4.69, 9.17) is 4.74 Å². The van der Waals surface area contributed by atoms with Crippen LogP contribution in [0.5, 0.6) is 5.75 Å². The van der Waals surface area contributed by atoms with Crippen molar-refractivity contribution in [1.29, 1.82) is 0 Å². The lowest BCUT2D eigenvalue weighted by Crippen LogP contribution is -2.27. The third-order valence-corrected chi connectivity index (χ3v) is 5.98. The highest BCUT2D eigenvalue weighted by Gasteiger charge is 2.35. The first-order chi connectivity index (χ1) is 14.3. The van der Waals surface area contributed by atoms with Gasteiger partial charge in [0.2, 0.25) is 0 Å². The number of carbonyl (C=O) groups excluding carboxylic acids is 1. The first kappa shape index (κ1) is 18.0. The monoisotopic (exact) mass is 383 g/mol. The number of fused-ring (bicyclic) bond motifs is 3. The van der Waals surface area contributed by atoms with E-state index in [0.717, 1.165) is 47.5 Å². The number of ketones is 1. The quantitative estimate of drug-likeness (QED) is 0.583. The van der Waals surface area contributed by atoms with Crippen LogP contribution in [0.25, 0.3) is 10.8 Å². The predicted octanol–water partition coefficient (Wildman–Crippen LogP) is 6.19. The van der Waals surface area contributed by atoms with Gasteiger partial charge in [-0.15, -0.1) is 0 Å². The summed E-state index contributed by atoms with van der Waals surface area (Å²) in [7, 11) is 0. The van der Waals surface area contributed by atoms with Gasteiger partial charge >= 0.3 is 0 Å². The third kappa shape index (κ3) is 3.11. The molecule has 0 amide bonds. The molecule has 1 aliphatic carbocycles. The summed E-state index contributed by atoms with van der Waals surface area (Å²) in [5.74, 6) is 1.11. The minimum Gasteiger partial charge on any atom is -0.494 e. The standard InChI is InChI=1S/C26H25NO2/c1-2-16-29-19-13-10-18(11-14-19)24-25-20-7-4-3-6-17(20)12-15-22(25)27-21-8-5-9-23(28)26(21)24/h3-4,6-7,10-15,24,27H,2,5,8-9,16H2,1H3/t24-/m0/s1. The number of anilines is 1. The summed E-state index contributed by atoms with van der Waals surface area (Å²) < 4.78 is 5.77. The van der Waals surface area contributed by atoms with E-state index in [-0.39, 0.29) is 11.7 Å². The second-order valence-corrected chi connectivity index (χ2v) is 7.89. The van der Waals surface area contributed by atoms with Crippen LogP contribution >= 0.6 is 0 Å². The Morgan fingerprint density at radius 1 is 1.00 bits per heavy atom. The Hall–Kier alpha value is -3.07. The van der Waals surface area contributed by atoms with Crippen molar-refractivity contribution in [3.63, 3.8) is 0 Å². The fourth-order valence-electron chi connectivity index (χ4n) is 4.66. The Kier molecular flexibility index (Phi) is 4.59. The molecule has 3 heteroatoms. The van der Waals surface area contributed by atoms with Crippen LogP contribution in [-0.2, 0) is 4.79 Å². The smallest absolute Gasteiger partial charge is 0.161 e. The molecule has 2 aliphatic rings. The van der Waals surface area contributed by atoms with Gasteiger partial charge in [0.15, 0.2) is 5.78 Å². The summed E-state index contributed by atoms with van der Waals surface area (Å²) in [6.45, 7) is 2.82. The molecule has 1 atom stereocenters. The van der Waals surface area contributed by atoms with Crippen LogP contribution in [0.15, 0.2) is 71.9 Å². The Labute approximate surface area is 171 Å². The number of hydrogen-bond donors (Lipinski definition) is 1. The number of carbonyl (C=O) groups is 1. The fourth-order valence-corrected chi connectivity index (χ4v) is 4.66. The number of Topliss-reactive ketones (excluding diaryl/α,β-unsaturated/α-hetero) is 1. The van der Waals surface area contributed by atoms with Gasteiger partial charge in [-0.2, -0.15) is 0 Å². The Morgan fingerprint density at radius 2 is 1.83 bits per heavy atom. The summed E-state index contributed by atoms with van der Waals surface area (Å²) in [4.78, 5) is 13.0. The number of rotatable bonds is 4. The normalized spacial score (nSPS) is 18.2. The molecule has 1 heterocycles. The molecule has 0 saturated carbocycles. The molecule has 0 bridgehead atoms. The summed E-state index contributed by atoms with van der Waals surface area (Å²) in [5, 5.41) is 6.00. The number of nitrogens with one attached hydrogen (secondary N) is 1. The van der Waals surface area contributed by atoms with Gasteiger partial charge in [-0.3, -0.25) is 4.79 Å². The zero-order valence-corrected chi connectivity index (χ0v) is 16.7. The van der Waals surface area contributed by atoms with Crippen molar-refractivity contribution in [2.75, 3.05) is 11.9 Å². The second-order valence-electron chi connectivity index (χ2n) is 7.89. The molecule has 3 aromatic rings. The molecule has 1 N–H and O–H groups in total. The SMILES string of the molecule is CCCOc1ccc([C@@H]2C3=C(CCCC3=O)Nc3ccc4ccccc4c32)cc1. The lowest BCUT2D eigenvalue weighted by atomic mass is 9.74. The van der Waals surface area contributed by atoms with Crippen molar-refractivity contribution in [2.24, 2.45) is 0 Å². The average Bonchev–Trinajstić information content (AvgIpc) is 2.77. The first-order valence-electron chi connectivity index (χ1n) is 10.5. The Bertz CT molecular complexity index is 1110.